The second-order valence-electron chi connectivity index (χ2n) is 6.41. The van der Waals surface area contributed by atoms with Crippen molar-refractivity contribution in [2.45, 2.75) is 51.2 Å². The minimum absolute atomic E-state index is 0.450. The fourth-order valence-electron chi connectivity index (χ4n) is 3.73. The predicted molar refractivity (Wildman–Crippen MR) is 85.5 cm³/mol. The van der Waals surface area contributed by atoms with E-state index in [1.165, 1.54) is 45.2 Å². The molecule has 2 aliphatic rings. The summed E-state index contributed by atoms with van der Waals surface area (Å²) in [7, 11) is 0. The number of aliphatic hydroxyl groups excluding tert-OH is 1. The van der Waals surface area contributed by atoms with Gasteiger partial charge in [0.25, 0.3) is 0 Å². The third-order valence-corrected chi connectivity index (χ3v) is 4.94. The molecule has 1 unspecified atom stereocenters. The number of hydrogen-bond donors (Lipinski definition) is 1. The Hall–Kier alpha value is -1.13. The van der Waals surface area contributed by atoms with Crippen molar-refractivity contribution in [3.63, 3.8) is 0 Å². The van der Waals surface area contributed by atoms with Gasteiger partial charge in [-0.1, -0.05) is 12.5 Å². The summed E-state index contributed by atoms with van der Waals surface area (Å²) in [5, 5.41) is 9.92. The molecule has 0 amide bonds. The van der Waals surface area contributed by atoms with Crippen LogP contribution in [0.4, 0.5) is 5.82 Å². The smallest absolute Gasteiger partial charge is 0.134 e. The van der Waals surface area contributed by atoms with Crippen LogP contribution in [-0.4, -0.2) is 47.2 Å². The van der Waals surface area contributed by atoms with Crippen molar-refractivity contribution in [3.05, 3.63) is 23.9 Å². The molecule has 3 heterocycles. The first-order valence-electron chi connectivity index (χ1n) is 8.37. The summed E-state index contributed by atoms with van der Waals surface area (Å²) < 4.78 is 0. The highest BCUT2D eigenvalue weighted by Crippen LogP contribution is 2.28. The molecule has 0 spiro atoms. The van der Waals surface area contributed by atoms with E-state index in [1.54, 1.807) is 0 Å². The SMILES string of the molecule is CC(O)c1cccnc1N1CCC(N2CCCCC2)CC1. The van der Waals surface area contributed by atoms with Crippen LogP contribution in [0.5, 0.6) is 0 Å². The van der Waals surface area contributed by atoms with Gasteiger partial charge in [0.15, 0.2) is 0 Å². The van der Waals surface area contributed by atoms with E-state index in [0.29, 0.717) is 0 Å². The van der Waals surface area contributed by atoms with Crippen LogP contribution in [0.15, 0.2) is 18.3 Å². The van der Waals surface area contributed by atoms with Gasteiger partial charge < -0.3 is 14.9 Å². The number of nitrogens with zero attached hydrogens (tertiary/aromatic N) is 3. The summed E-state index contributed by atoms with van der Waals surface area (Å²) in [6, 6.07) is 4.65. The Morgan fingerprint density at radius 2 is 1.86 bits per heavy atom. The number of pyridine rings is 1. The van der Waals surface area contributed by atoms with Gasteiger partial charge in [-0.15, -0.1) is 0 Å². The van der Waals surface area contributed by atoms with Gasteiger partial charge in [-0.3, -0.25) is 0 Å². The van der Waals surface area contributed by atoms with Gasteiger partial charge in [0.1, 0.15) is 5.82 Å². The Morgan fingerprint density at radius 1 is 1.14 bits per heavy atom. The molecule has 2 fully saturated rings. The zero-order valence-electron chi connectivity index (χ0n) is 13.0. The van der Waals surface area contributed by atoms with Gasteiger partial charge in [0.05, 0.1) is 6.10 Å². The average molecular weight is 289 g/mol. The van der Waals surface area contributed by atoms with Crippen LogP contribution >= 0.6 is 0 Å². The van der Waals surface area contributed by atoms with E-state index in [4.69, 9.17) is 0 Å². The number of aromatic nitrogens is 1. The molecule has 1 N–H and O–H groups in total. The fourth-order valence-corrected chi connectivity index (χ4v) is 3.73. The molecule has 0 bridgehead atoms. The van der Waals surface area contributed by atoms with Crippen molar-refractivity contribution >= 4 is 5.82 Å². The molecule has 0 aromatic carbocycles. The summed E-state index contributed by atoms with van der Waals surface area (Å²) >= 11 is 0. The lowest BCUT2D eigenvalue weighted by Gasteiger charge is -2.41. The van der Waals surface area contributed by atoms with Crippen LogP contribution < -0.4 is 4.90 Å². The lowest BCUT2D eigenvalue weighted by molar-refractivity contribution is 0.141. The van der Waals surface area contributed by atoms with E-state index < -0.39 is 6.10 Å². The maximum atomic E-state index is 9.92. The molecule has 4 heteroatoms. The highest BCUT2D eigenvalue weighted by Gasteiger charge is 2.27. The molecule has 1 aromatic heterocycles. The standard InChI is InChI=1S/C17H27N3O/c1-14(21)16-6-5-9-18-17(16)20-12-7-15(8-13-20)19-10-3-2-4-11-19/h5-6,9,14-15,21H,2-4,7-8,10-13H2,1H3. The molecule has 21 heavy (non-hydrogen) atoms. The molecule has 116 valence electrons. The van der Waals surface area contributed by atoms with Crippen LogP contribution in [-0.2, 0) is 0 Å². The Morgan fingerprint density at radius 3 is 2.52 bits per heavy atom. The van der Waals surface area contributed by atoms with E-state index in [2.05, 4.69) is 14.8 Å². The molecule has 4 nitrogen and oxygen atoms in total. The van der Waals surface area contributed by atoms with Gasteiger partial charge in [0.2, 0.25) is 0 Å². The topological polar surface area (TPSA) is 39.6 Å². The first-order valence-corrected chi connectivity index (χ1v) is 8.37. The van der Waals surface area contributed by atoms with Crippen LogP contribution in [0.3, 0.4) is 0 Å². The van der Waals surface area contributed by atoms with E-state index in [1.807, 2.05) is 25.3 Å². The van der Waals surface area contributed by atoms with Crippen molar-refractivity contribution in [1.29, 1.82) is 0 Å². The number of likely N-dealkylation sites (tertiary alicyclic amines) is 1. The highest BCUT2D eigenvalue weighted by atomic mass is 16.3. The summed E-state index contributed by atoms with van der Waals surface area (Å²) in [5.74, 6) is 0.976. The predicted octanol–water partition coefficient (Wildman–Crippen LogP) is 2.59. The van der Waals surface area contributed by atoms with Gasteiger partial charge in [-0.05, 0) is 51.8 Å². The number of aliphatic hydroxyl groups is 1. The molecule has 2 saturated heterocycles. The van der Waals surface area contributed by atoms with Crippen LogP contribution in [0.25, 0.3) is 0 Å². The first kappa shape index (κ1) is 14.8. The second kappa shape index (κ2) is 6.75. The molecule has 3 rings (SSSR count). The highest BCUT2D eigenvalue weighted by molar-refractivity contribution is 5.48. The average Bonchev–Trinajstić information content (AvgIpc) is 2.56. The largest absolute Gasteiger partial charge is 0.389 e. The van der Waals surface area contributed by atoms with Crippen molar-refractivity contribution in [3.8, 4) is 0 Å². The Labute approximate surface area is 127 Å². The van der Waals surface area contributed by atoms with E-state index in [9.17, 15) is 5.11 Å². The van der Waals surface area contributed by atoms with Crippen molar-refractivity contribution in [2.24, 2.45) is 0 Å². The minimum Gasteiger partial charge on any atom is -0.389 e. The van der Waals surface area contributed by atoms with E-state index in [0.717, 1.165) is 30.5 Å². The summed E-state index contributed by atoms with van der Waals surface area (Å²) in [5.41, 5.74) is 0.953. The number of piperidine rings is 2. The maximum absolute atomic E-state index is 9.92. The Bertz CT molecular complexity index is 449. The normalized spacial score (nSPS) is 23.2. The fraction of sp³-hybridized carbons (Fsp3) is 0.706. The van der Waals surface area contributed by atoms with Crippen molar-refractivity contribution in [2.75, 3.05) is 31.1 Å². The third-order valence-electron chi connectivity index (χ3n) is 4.94. The maximum Gasteiger partial charge on any atom is 0.134 e. The van der Waals surface area contributed by atoms with Crippen molar-refractivity contribution in [1.82, 2.24) is 9.88 Å². The molecular formula is C17H27N3O. The monoisotopic (exact) mass is 289 g/mol. The molecule has 0 saturated carbocycles. The zero-order valence-corrected chi connectivity index (χ0v) is 13.0. The van der Waals surface area contributed by atoms with E-state index in [-0.39, 0.29) is 0 Å². The number of hydrogen-bond acceptors (Lipinski definition) is 4. The van der Waals surface area contributed by atoms with Gasteiger partial charge in [-0.25, -0.2) is 4.98 Å². The van der Waals surface area contributed by atoms with Crippen LogP contribution in [0, 0.1) is 0 Å². The van der Waals surface area contributed by atoms with Crippen LogP contribution in [0.2, 0.25) is 0 Å². The van der Waals surface area contributed by atoms with Crippen molar-refractivity contribution < 1.29 is 5.11 Å². The Balaban J connectivity index is 1.63. The van der Waals surface area contributed by atoms with Gasteiger partial charge in [0, 0.05) is 30.9 Å². The molecule has 2 aliphatic heterocycles. The molecule has 0 radical (unpaired) electrons. The second-order valence-corrected chi connectivity index (χ2v) is 6.41. The lowest BCUT2D eigenvalue weighted by atomic mass is 9.99. The van der Waals surface area contributed by atoms with E-state index >= 15 is 0 Å². The molecule has 1 aromatic rings. The summed E-state index contributed by atoms with van der Waals surface area (Å²) in [6.07, 6.45) is 7.96. The zero-order chi connectivity index (χ0) is 14.7. The molecule has 1 atom stereocenters. The van der Waals surface area contributed by atoms with Gasteiger partial charge >= 0.3 is 0 Å². The quantitative estimate of drug-likeness (QED) is 0.928. The minimum atomic E-state index is -0.450. The molecular weight excluding hydrogens is 262 g/mol. The number of rotatable bonds is 3. The summed E-state index contributed by atoms with van der Waals surface area (Å²) in [6.45, 7) is 6.50. The number of anilines is 1. The van der Waals surface area contributed by atoms with Gasteiger partial charge in [-0.2, -0.15) is 0 Å². The van der Waals surface area contributed by atoms with Crippen LogP contribution in [0.1, 0.15) is 50.7 Å². The first-order chi connectivity index (χ1) is 10.3. The third kappa shape index (κ3) is 3.38. The lowest BCUT2D eigenvalue weighted by Crippen LogP contribution is -2.47. The molecule has 0 aliphatic carbocycles. The Kier molecular flexibility index (Phi) is 4.76. The summed E-state index contributed by atoms with van der Waals surface area (Å²) in [4.78, 5) is 9.55.